The second-order valence-corrected chi connectivity index (χ2v) is 5.27. The standard InChI is InChI=1S/C16H23N3O2/c1-13-6-3-4-7-16(13)21-12-15(20)10-17-14(2)11-19-9-5-8-18-19/h3-9,14-15,17,20H,10-12H2,1-2H3. The minimum atomic E-state index is -0.537. The average molecular weight is 289 g/mol. The molecule has 0 spiro atoms. The third-order valence-corrected chi connectivity index (χ3v) is 3.25. The number of ether oxygens (including phenoxy) is 1. The Hall–Kier alpha value is -1.85. The fourth-order valence-electron chi connectivity index (χ4n) is 2.05. The van der Waals surface area contributed by atoms with Gasteiger partial charge in [0.25, 0.3) is 0 Å². The van der Waals surface area contributed by atoms with Crippen molar-refractivity contribution in [2.45, 2.75) is 32.5 Å². The van der Waals surface area contributed by atoms with Crippen molar-refractivity contribution in [3.8, 4) is 5.75 Å². The molecule has 2 N–H and O–H groups in total. The Balaban J connectivity index is 1.67. The topological polar surface area (TPSA) is 59.3 Å². The predicted octanol–water partition coefficient (Wildman–Crippen LogP) is 1.61. The minimum absolute atomic E-state index is 0.234. The fraction of sp³-hybridized carbons (Fsp3) is 0.438. The lowest BCUT2D eigenvalue weighted by Crippen LogP contribution is -2.38. The summed E-state index contributed by atoms with van der Waals surface area (Å²) in [6.07, 6.45) is 3.15. The summed E-state index contributed by atoms with van der Waals surface area (Å²) < 4.78 is 7.50. The van der Waals surface area contributed by atoms with Gasteiger partial charge >= 0.3 is 0 Å². The van der Waals surface area contributed by atoms with Crippen LogP contribution in [0.25, 0.3) is 0 Å². The molecule has 0 aliphatic rings. The molecule has 114 valence electrons. The first kappa shape index (κ1) is 15.5. The van der Waals surface area contributed by atoms with Gasteiger partial charge in [-0.15, -0.1) is 0 Å². The lowest BCUT2D eigenvalue weighted by atomic mass is 10.2. The van der Waals surface area contributed by atoms with Crippen LogP contribution < -0.4 is 10.1 Å². The molecule has 0 amide bonds. The summed E-state index contributed by atoms with van der Waals surface area (Å²) in [4.78, 5) is 0. The SMILES string of the molecule is Cc1ccccc1OCC(O)CNC(C)Cn1cccn1. The Morgan fingerprint density at radius 2 is 2.14 bits per heavy atom. The summed E-state index contributed by atoms with van der Waals surface area (Å²) in [6.45, 7) is 5.61. The molecular weight excluding hydrogens is 266 g/mol. The molecule has 2 rings (SSSR count). The van der Waals surface area contributed by atoms with Gasteiger partial charge in [-0.3, -0.25) is 4.68 Å². The largest absolute Gasteiger partial charge is 0.491 e. The van der Waals surface area contributed by atoms with Gasteiger partial charge < -0.3 is 15.2 Å². The molecular formula is C16H23N3O2. The smallest absolute Gasteiger partial charge is 0.122 e. The molecule has 21 heavy (non-hydrogen) atoms. The lowest BCUT2D eigenvalue weighted by molar-refractivity contribution is 0.103. The number of aryl methyl sites for hydroxylation is 1. The molecule has 5 heteroatoms. The summed E-state index contributed by atoms with van der Waals surface area (Å²) in [7, 11) is 0. The Morgan fingerprint density at radius 1 is 1.33 bits per heavy atom. The summed E-state index contributed by atoms with van der Waals surface area (Å²) in [5, 5.41) is 17.4. The Labute approximate surface area is 125 Å². The molecule has 0 saturated heterocycles. The molecule has 1 aromatic carbocycles. The molecule has 0 bridgehead atoms. The van der Waals surface area contributed by atoms with E-state index in [4.69, 9.17) is 4.74 Å². The number of nitrogens with one attached hydrogen (secondary N) is 1. The monoisotopic (exact) mass is 289 g/mol. The molecule has 0 fully saturated rings. The lowest BCUT2D eigenvalue weighted by Gasteiger charge is -2.18. The van der Waals surface area contributed by atoms with Gasteiger partial charge in [0.15, 0.2) is 0 Å². The van der Waals surface area contributed by atoms with E-state index in [1.165, 1.54) is 0 Å². The molecule has 0 saturated carbocycles. The van der Waals surface area contributed by atoms with Crippen molar-refractivity contribution in [3.63, 3.8) is 0 Å². The third-order valence-electron chi connectivity index (χ3n) is 3.25. The Kier molecular flexibility index (Phi) is 5.78. The Morgan fingerprint density at radius 3 is 2.86 bits per heavy atom. The quantitative estimate of drug-likeness (QED) is 0.775. The van der Waals surface area contributed by atoms with Crippen LogP contribution in [0, 0.1) is 6.92 Å². The van der Waals surface area contributed by atoms with Crippen LogP contribution in [0.5, 0.6) is 5.75 Å². The van der Waals surface area contributed by atoms with E-state index in [2.05, 4.69) is 17.3 Å². The van der Waals surface area contributed by atoms with Crippen LogP contribution in [-0.2, 0) is 6.54 Å². The van der Waals surface area contributed by atoms with E-state index in [0.717, 1.165) is 17.9 Å². The maximum Gasteiger partial charge on any atom is 0.122 e. The van der Waals surface area contributed by atoms with Crippen molar-refractivity contribution in [3.05, 3.63) is 48.3 Å². The normalized spacial score (nSPS) is 13.9. The number of hydrogen-bond donors (Lipinski definition) is 2. The number of aliphatic hydroxyl groups excluding tert-OH is 1. The maximum absolute atomic E-state index is 9.97. The van der Waals surface area contributed by atoms with Gasteiger partial charge in [0, 0.05) is 25.0 Å². The first-order valence-electron chi connectivity index (χ1n) is 7.22. The number of hydrogen-bond acceptors (Lipinski definition) is 4. The Bertz CT molecular complexity index is 528. The number of rotatable bonds is 8. The van der Waals surface area contributed by atoms with E-state index in [9.17, 15) is 5.11 Å². The van der Waals surface area contributed by atoms with E-state index in [0.29, 0.717) is 6.54 Å². The number of benzene rings is 1. The molecule has 0 radical (unpaired) electrons. The second kappa shape index (κ2) is 7.81. The van der Waals surface area contributed by atoms with Gasteiger partial charge in [-0.2, -0.15) is 5.10 Å². The highest BCUT2D eigenvalue weighted by molar-refractivity contribution is 5.31. The molecule has 2 unspecified atom stereocenters. The summed E-state index contributed by atoms with van der Waals surface area (Å²) in [6, 6.07) is 9.94. The molecule has 5 nitrogen and oxygen atoms in total. The number of para-hydroxylation sites is 1. The molecule has 2 atom stereocenters. The van der Waals surface area contributed by atoms with Crippen LogP contribution >= 0.6 is 0 Å². The highest BCUT2D eigenvalue weighted by atomic mass is 16.5. The molecule has 1 heterocycles. The number of aromatic nitrogens is 2. The van der Waals surface area contributed by atoms with E-state index in [1.807, 2.05) is 48.1 Å². The van der Waals surface area contributed by atoms with Crippen molar-refractivity contribution in [2.24, 2.45) is 0 Å². The van der Waals surface area contributed by atoms with Crippen molar-refractivity contribution in [1.29, 1.82) is 0 Å². The molecule has 2 aromatic rings. The molecule has 0 aliphatic heterocycles. The van der Waals surface area contributed by atoms with Crippen molar-refractivity contribution >= 4 is 0 Å². The van der Waals surface area contributed by atoms with E-state index in [-0.39, 0.29) is 12.6 Å². The molecule has 0 aliphatic carbocycles. The van der Waals surface area contributed by atoms with Gasteiger partial charge in [0.05, 0.1) is 6.54 Å². The highest BCUT2D eigenvalue weighted by Crippen LogP contribution is 2.16. The average Bonchev–Trinajstić information content (AvgIpc) is 2.97. The number of nitrogens with zero attached hydrogens (tertiary/aromatic N) is 2. The van der Waals surface area contributed by atoms with E-state index in [1.54, 1.807) is 6.20 Å². The van der Waals surface area contributed by atoms with Gasteiger partial charge in [-0.1, -0.05) is 18.2 Å². The van der Waals surface area contributed by atoms with Crippen LogP contribution in [-0.4, -0.2) is 40.2 Å². The summed E-state index contributed by atoms with van der Waals surface area (Å²) in [5.41, 5.74) is 1.07. The number of aliphatic hydroxyl groups is 1. The summed E-state index contributed by atoms with van der Waals surface area (Å²) in [5.74, 6) is 0.820. The predicted molar refractivity (Wildman–Crippen MR) is 82.4 cm³/mol. The maximum atomic E-state index is 9.97. The van der Waals surface area contributed by atoms with Crippen molar-refractivity contribution in [2.75, 3.05) is 13.2 Å². The highest BCUT2D eigenvalue weighted by Gasteiger charge is 2.09. The van der Waals surface area contributed by atoms with Crippen LogP contribution in [0.4, 0.5) is 0 Å². The van der Waals surface area contributed by atoms with Gasteiger partial charge in [-0.05, 0) is 31.5 Å². The zero-order chi connectivity index (χ0) is 15.1. The van der Waals surface area contributed by atoms with Crippen LogP contribution in [0.2, 0.25) is 0 Å². The first-order chi connectivity index (χ1) is 10.1. The van der Waals surface area contributed by atoms with Gasteiger partial charge in [-0.25, -0.2) is 0 Å². The second-order valence-electron chi connectivity index (χ2n) is 5.27. The van der Waals surface area contributed by atoms with Crippen molar-refractivity contribution in [1.82, 2.24) is 15.1 Å². The zero-order valence-electron chi connectivity index (χ0n) is 12.6. The van der Waals surface area contributed by atoms with Crippen LogP contribution in [0.3, 0.4) is 0 Å². The zero-order valence-corrected chi connectivity index (χ0v) is 12.6. The van der Waals surface area contributed by atoms with Gasteiger partial charge in [0.2, 0.25) is 0 Å². The van der Waals surface area contributed by atoms with Crippen LogP contribution in [0.1, 0.15) is 12.5 Å². The third kappa shape index (κ3) is 5.21. The summed E-state index contributed by atoms with van der Waals surface area (Å²) >= 11 is 0. The van der Waals surface area contributed by atoms with Crippen LogP contribution in [0.15, 0.2) is 42.7 Å². The van der Waals surface area contributed by atoms with E-state index < -0.39 is 6.10 Å². The van der Waals surface area contributed by atoms with Gasteiger partial charge in [0.1, 0.15) is 18.5 Å². The molecule has 1 aromatic heterocycles. The van der Waals surface area contributed by atoms with E-state index >= 15 is 0 Å². The first-order valence-corrected chi connectivity index (χ1v) is 7.22. The fourth-order valence-corrected chi connectivity index (χ4v) is 2.05. The minimum Gasteiger partial charge on any atom is -0.491 e. The van der Waals surface area contributed by atoms with Crippen molar-refractivity contribution < 1.29 is 9.84 Å².